The molecule has 7 atom stereocenters. The van der Waals surface area contributed by atoms with Gasteiger partial charge in [0, 0.05) is 22.4 Å². The van der Waals surface area contributed by atoms with Crippen molar-refractivity contribution >= 4 is 17.1 Å². The van der Waals surface area contributed by atoms with E-state index in [0.29, 0.717) is 5.41 Å². The van der Waals surface area contributed by atoms with Crippen molar-refractivity contribution in [3.05, 3.63) is 305 Å². The molecule has 0 N–H and O–H groups in total. The lowest BCUT2D eigenvalue weighted by atomic mass is 9.34. The first-order chi connectivity index (χ1) is 39.6. The summed E-state index contributed by atoms with van der Waals surface area (Å²) in [5.74, 6) is 3.37. The maximum Gasteiger partial charge on any atom is 0.0719 e. The van der Waals surface area contributed by atoms with Crippen LogP contribution in [0.25, 0.3) is 66.8 Å². The van der Waals surface area contributed by atoms with Crippen LogP contribution in [-0.2, 0) is 23.7 Å². The lowest BCUT2D eigenvalue weighted by Gasteiger charge is -2.70. The summed E-state index contributed by atoms with van der Waals surface area (Å²) in [6, 6.07) is 100. The summed E-state index contributed by atoms with van der Waals surface area (Å²) in [4.78, 5) is 2.63. The summed E-state index contributed by atoms with van der Waals surface area (Å²) in [5, 5.41) is 0. The maximum atomic E-state index is 2.63. The number of anilines is 3. The molecule has 0 saturated heterocycles. The standard InChI is InChI=1S/C79H59N/c1-3-19-50(20-4-1)60-24-8-9-26-62(60)53-37-41-70-54(43-53)36-35-52-23-7-15-31-69(52)79(70)72-33-17-12-28-64(72)66-40-38-59(48-74(66)79)80(75-34-18-14-30-67(75)63-27-11-10-25-61(63)51-21-5-2-6-22-51)58-39-42-73-68(47-58)65-29-13-16-32-71(65)78(73)57-45-55-44-56-46-76(78)77(55,56)49-57/h1-34,37-43,47-48,55-57,76H,35-36,44-46,49H2. The second kappa shape index (κ2) is 16.6. The minimum Gasteiger partial charge on any atom is -0.310 e. The van der Waals surface area contributed by atoms with E-state index < -0.39 is 5.41 Å². The number of para-hydroxylation sites is 1. The van der Waals surface area contributed by atoms with E-state index in [4.69, 9.17) is 0 Å². The van der Waals surface area contributed by atoms with Crippen molar-refractivity contribution in [2.45, 2.75) is 49.4 Å². The van der Waals surface area contributed by atoms with Crippen molar-refractivity contribution in [1.29, 1.82) is 0 Å². The Hall–Kier alpha value is -8.78. The zero-order chi connectivity index (χ0) is 52.3. The highest BCUT2D eigenvalue weighted by molar-refractivity contribution is 5.97. The lowest BCUT2D eigenvalue weighted by Crippen LogP contribution is -2.65. The number of hydrogen-bond acceptors (Lipinski definition) is 1. The van der Waals surface area contributed by atoms with Crippen LogP contribution in [0.5, 0.6) is 0 Å². The predicted octanol–water partition coefficient (Wildman–Crippen LogP) is 19.6. The summed E-state index contributed by atoms with van der Waals surface area (Å²) in [6.45, 7) is 0. The van der Waals surface area contributed by atoms with E-state index in [-0.39, 0.29) is 5.41 Å². The first-order valence-electron chi connectivity index (χ1n) is 29.5. The van der Waals surface area contributed by atoms with E-state index in [9.17, 15) is 0 Å². The normalized spacial score (nSPS) is 24.1. The molecule has 3 spiro atoms. The van der Waals surface area contributed by atoms with E-state index in [1.165, 1.54) is 137 Å². The Morgan fingerprint density at radius 2 is 0.800 bits per heavy atom. The molecule has 4 fully saturated rings. The summed E-state index contributed by atoms with van der Waals surface area (Å²) in [6.07, 6.45) is 7.63. The molecule has 380 valence electrons. The summed E-state index contributed by atoms with van der Waals surface area (Å²) in [7, 11) is 0. The first-order valence-corrected chi connectivity index (χ1v) is 29.5. The highest BCUT2D eigenvalue weighted by atomic mass is 15.1. The third-order valence-corrected chi connectivity index (χ3v) is 21.6. The van der Waals surface area contributed by atoms with Gasteiger partial charge in [-0.15, -0.1) is 0 Å². The molecule has 11 aromatic carbocycles. The fraction of sp³-hybridized carbons (Fsp3) is 0.165. The van der Waals surface area contributed by atoms with E-state index in [1.807, 2.05) is 0 Å². The number of nitrogens with zero attached hydrogens (tertiary/aromatic N) is 1. The third kappa shape index (κ3) is 5.77. The van der Waals surface area contributed by atoms with Crippen LogP contribution in [0.3, 0.4) is 0 Å². The molecule has 7 unspecified atom stereocenters. The van der Waals surface area contributed by atoms with Crippen LogP contribution in [0, 0.1) is 29.1 Å². The monoisotopic (exact) mass is 1020 g/mol. The molecule has 0 radical (unpaired) electrons. The Bertz CT molecular complexity index is 4380. The summed E-state index contributed by atoms with van der Waals surface area (Å²) < 4.78 is 0. The third-order valence-electron chi connectivity index (χ3n) is 21.6. The minimum absolute atomic E-state index is 0.116. The molecular formula is C79H59N. The van der Waals surface area contributed by atoms with Crippen molar-refractivity contribution in [3.8, 4) is 66.8 Å². The minimum atomic E-state index is -0.572. The quantitative estimate of drug-likeness (QED) is 0.154. The molecule has 4 saturated carbocycles. The Morgan fingerprint density at radius 3 is 1.54 bits per heavy atom. The Labute approximate surface area is 469 Å². The molecule has 2 bridgehead atoms. The summed E-state index contributed by atoms with van der Waals surface area (Å²) >= 11 is 0. The van der Waals surface area contributed by atoms with Crippen molar-refractivity contribution in [1.82, 2.24) is 0 Å². The van der Waals surface area contributed by atoms with Crippen LogP contribution in [-0.4, -0.2) is 0 Å². The van der Waals surface area contributed by atoms with Crippen LogP contribution in [0.4, 0.5) is 17.1 Å². The average molecular weight is 1020 g/mol. The number of rotatable bonds is 7. The molecule has 7 aliphatic carbocycles. The highest BCUT2D eigenvalue weighted by Crippen LogP contribution is 2.88. The number of benzene rings is 11. The van der Waals surface area contributed by atoms with Gasteiger partial charge < -0.3 is 4.90 Å². The first kappa shape index (κ1) is 45.1. The molecule has 80 heavy (non-hydrogen) atoms. The Kier molecular flexibility index (Phi) is 9.38. The second-order valence-corrected chi connectivity index (χ2v) is 24.5. The fourth-order valence-corrected chi connectivity index (χ4v) is 18.7. The molecule has 1 nitrogen and oxygen atoms in total. The van der Waals surface area contributed by atoms with Gasteiger partial charge in [0.25, 0.3) is 0 Å². The molecular weight excluding hydrogens is 963 g/mol. The van der Waals surface area contributed by atoms with Gasteiger partial charge in [-0.25, -0.2) is 0 Å². The van der Waals surface area contributed by atoms with Gasteiger partial charge in [-0.1, -0.05) is 231 Å². The molecule has 0 aromatic heterocycles. The Morgan fingerprint density at radius 1 is 0.300 bits per heavy atom. The van der Waals surface area contributed by atoms with Crippen molar-refractivity contribution in [2.75, 3.05) is 4.90 Å². The van der Waals surface area contributed by atoms with Gasteiger partial charge in [0.05, 0.1) is 11.1 Å². The smallest absolute Gasteiger partial charge is 0.0719 e. The number of aryl methyl sites for hydroxylation is 2. The second-order valence-electron chi connectivity index (χ2n) is 24.5. The molecule has 0 heterocycles. The zero-order valence-electron chi connectivity index (χ0n) is 44.8. The largest absolute Gasteiger partial charge is 0.310 e. The van der Waals surface area contributed by atoms with Crippen molar-refractivity contribution < 1.29 is 0 Å². The molecule has 1 heteroatoms. The zero-order valence-corrected chi connectivity index (χ0v) is 44.8. The van der Waals surface area contributed by atoms with Crippen LogP contribution in [0.15, 0.2) is 261 Å². The van der Waals surface area contributed by atoms with Crippen molar-refractivity contribution in [2.24, 2.45) is 29.1 Å². The van der Waals surface area contributed by atoms with Crippen LogP contribution in [0.1, 0.15) is 70.2 Å². The van der Waals surface area contributed by atoms with Crippen LogP contribution >= 0.6 is 0 Å². The van der Waals surface area contributed by atoms with Crippen LogP contribution in [0.2, 0.25) is 0 Å². The van der Waals surface area contributed by atoms with Crippen molar-refractivity contribution in [3.63, 3.8) is 0 Å². The van der Waals surface area contributed by atoms with Gasteiger partial charge in [0.1, 0.15) is 0 Å². The van der Waals surface area contributed by atoms with E-state index >= 15 is 0 Å². The molecule has 18 rings (SSSR count). The highest BCUT2D eigenvalue weighted by Gasteiger charge is 2.82. The Balaban J connectivity index is 0.878. The fourth-order valence-electron chi connectivity index (χ4n) is 18.7. The van der Waals surface area contributed by atoms with Gasteiger partial charge >= 0.3 is 0 Å². The van der Waals surface area contributed by atoms with Gasteiger partial charge in [-0.3, -0.25) is 0 Å². The van der Waals surface area contributed by atoms with E-state index in [2.05, 4.69) is 266 Å². The molecule has 0 amide bonds. The number of hydrogen-bond donors (Lipinski definition) is 0. The van der Waals surface area contributed by atoms with Crippen LogP contribution < -0.4 is 4.90 Å². The molecule has 11 aromatic rings. The summed E-state index contributed by atoms with van der Waals surface area (Å²) in [5.41, 5.74) is 30.6. The molecule has 7 aliphatic rings. The topological polar surface area (TPSA) is 3.24 Å². The molecule has 0 aliphatic heterocycles. The van der Waals surface area contributed by atoms with Gasteiger partial charge in [0.15, 0.2) is 0 Å². The van der Waals surface area contributed by atoms with E-state index in [1.54, 1.807) is 11.1 Å². The lowest BCUT2D eigenvalue weighted by molar-refractivity contribution is -0.193. The SMILES string of the molecule is c1ccc(-c2ccccc2-c2ccc3c(c2)CCc2ccccc2C32c3ccccc3-c3ccc(N(c4ccc5c(c4)-c4ccccc4C54C5CC6CC7CC4C67C5)c4ccccc4-c4ccccc4-c4ccccc4)cc32)cc1. The predicted molar refractivity (Wildman–Crippen MR) is 329 cm³/mol. The average Bonchev–Trinajstić information content (AvgIpc) is 1.75. The van der Waals surface area contributed by atoms with E-state index in [0.717, 1.165) is 42.2 Å². The maximum absolute atomic E-state index is 2.63. The van der Waals surface area contributed by atoms with Gasteiger partial charge in [0.2, 0.25) is 0 Å². The number of fused-ring (bicyclic) bond motifs is 17. The van der Waals surface area contributed by atoms with Gasteiger partial charge in [-0.2, -0.15) is 0 Å². The van der Waals surface area contributed by atoms with Gasteiger partial charge in [-0.05, 0) is 204 Å².